The lowest BCUT2D eigenvalue weighted by atomic mass is 11.5. The van der Waals surface area contributed by atoms with Crippen LogP contribution in [0.15, 0.2) is 0 Å². The summed E-state index contributed by atoms with van der Waals surface area (Å²) in [5.41, 5.74) is 0. The Balaban J connectivity index is 4.26. The quantitative estimate of drug-likeness (QED) is 0.506. The van der Waals surface area contributed by atoms with Crippen molar-refractivity contribution in [2.75, 3.05) is 13.3 Å². The number of hydrogen-bond donors (Lipinski definition) is 1. The van der Waals surface area contributed by atoms with Gasteiger partial charge in [0, 0.05) is 0 Å². The van der Waals surface area contributed by atoms with E-state index in [1.807, 2.05) is 0 Å². The minimum absolute atomic E-state index is 0.924. The van der Waals surface area contributed by atoms with Crippen LogP contribution in [0.5, 0.6) is 0 Å². The van der Waals surface area contributed by atoms with Gasteiger partial charge in [0.05, 0.1) is 7.05 Å². The van der Waals surface area contributed by atoms with Crippen molar-refractivity contribution in [3.05, 3.63) is 0 Å². The zero-order valence-corrected chi connectivity index (χ0v) is 5.48. The second-order valence-electron chi connectivity index (χ2n) is 1.92. The summed E-state index contributed by atoms with van der Waals surface area (Å²) in [4.78, 5) is 0. The zero-order chi connectivity index (χ0) is 7.00. The first-order valence-corrected chi connectivity index (χ1v) is 4.59. The molecule has 0 saturated carbocycles. The van der Waals surface area contributed by atoms with Crippen molar-refractivity contribution in [3.8, 4) is 0 Å². The average molecular weight is 145 g/mol. The predicted octanol–water partition coefficient (Wildman–Crippen LogP) is 2.55. The van der Waals surface area contributed by atoms with Crippen molar-refractivity contribution in [2.24, 2.45) is 0 Å². The van der Waals surface area contributed by atoms with Crippen molar-refractivity contribution in [3.63, 3.8) is 0 Å². The minimum Gasteiger partial charge on any atom is -0.310 e. The van der Waals surface area contributed by atoms with Gasteiger partial charge in [-0.1, -0.05) is 0 Å². The molecule has 0 saturated heterocycles. The highest BCUT2D eigenvalue weighted by atomic mass is 31.2. The molecule has 0 aromatic rings. The maximum atomic E-state index is 11.4. The molecule has 0 aliphatic heterocycles. The van der Waals surface area contributed by atoms with Gasteiger partial charge in [0.15, 0.2) is 0 Å². The van der Waals surface area contributed by atoms with Crippen molar-refractivity contribution in [2.45, 2.75) is 5.92 Å². The molecule has 0 heterocycles. The fourth-order valence-electron chi connectivity index (χ4n) is 0. The maximum absolute atomic E-state index is 11.4. The van der Waals surface area contributed by atoms with Crippen LogP contribution in [0.3, 0.4) is 0 Å². The van der Waals surface area contributed by atoms with Crippen LogP contribution in [0.4, 0.5) is 13.2 Å². The summed E-state index contributed by atoms with van der Waals surface area (Å²) in [6.07, 6.45) is 0. The van der Waals surface area contributed by atoms with E-state index in [0.717, 1.165) is 13.3 Å². The predicted molar refractivity (Wildman–Crippen MR) is 27.5 cm³/mol. The van der Waals surface area contributed by atoms with Crippen LogP contribution in [0.25, 0.3) is 0 Å². The zero-order valence-electron chi connectivity index (χ0n) is 4.58. The molecule has 8 heavy (non-hydrogen) atoms. The molecule has 0 unspecified atom stereocenters. The number of nitrogens with one attached hydrogen (secondary N) is 1. The van der Waals surface area contributed by atoms with E-state index < -0.39 is 13.0 Å². The van der Waals surface area contributed by atoms with E-state index in [-0.39, 0.29) is 0 Å². The smallest absolute Gasteiger partial charge is 0.310 e. The van der Waals surface area contributed by atoms with Crippen molar-refractivity contribution in [1.29, 1.82) is 5.16 Å². The molecular formula is C3H7F3NP. The Bertz CT molecular complexity index is 121. The summed E-state index contributed by atoms with van der Waals surface area (Å²) in [6, 6.07) is 0. The van der Waals surface area contributed by atoms with E-state index in [1.165, 1.54) is 0 Å². The monoisotopic (exact) mass is 145 g/mol. The fourth-order valence-corrected chi connectivity index (χ4v) is 0. The van der Waals surface area contributed by atoms with Gasteiger partial charge < -0.3 is 5.16 Å². The summed E-state index contributed by atoms with van der Waals surface area (Å²) in [7, 11) is -3.35. The van der Waals surface area contributed by atoms with Crippen molar-refractivity contribution >= 4 is 7.05 Å². The molecule has 0 aliphatic rings. The van der Waals surface area contributed by atoms with Crippen LogP contribution in [-0.2, 0) is 0 Å². The molecule has 0 atom stereocenters. The van der Waals surface area contributed by atoms with Gasteiger partial charge in [0.25, 0.3) is 0 Å². The maximum Gasteiger partial charge on any atom is 0.419 e. The number of halogens is 3. The molecule has 0 fully saturated rings. The lowest BCUT2D eigenvalue weighted by Crippen LogP contribution is -2.05. The van der Waals surface area contributed by atoms with Gasteiger partial charge in [-0.3, -0.25) is 0 Å². The standard InChI is InChI=1S/C3H7F3NP/c1-8(2,7)3(4,5)6/h7H,1-2H3. The van der Waals surface area contributed by atoms with Crippen LogP contribution in [0, 0.1) is 5.16 Å². The third-order valence-electron chi connectivity index (χ3n) is 0.634. The third-order valence-corrected chi connectivity index (χ3v) is 1.90. The van der Waals surface area contributed by atoms with Gasteiger partial charge in [-0.25, -0.2) is 0 Å². The highest BCUT2D eigenvalue weighted by Gasteiger charge is 2.38. The first kappa shape index (κ1) is 8.02. The summed E-state index contributed by atoms with van der Waals surface area (Å²) in [5.74, 6) is -4.28. The number of rotatable bonds is 0. The van der Waals surface area contributed by atoms with Gasteiger partial charge in [0.2, 0.25) is 0 Å². The average Bonchev–Trinajstić information content (AvgIpc) is 1.25. The van der Waals surface area contributed by atoms with Crippen molar-refractivity contribution < 1.29 is 13.2 Å². The summed E-state index contributed by atoms with van der Waals surface area (Å²) in [5, 5.41) is 6.57. The first-order chi connectivity index (χ1) is 3.25. The van der Waals surface area contributed by atoms with Gasteiger partial charge in [-0.2, -0.15) is 13.2 Å². The molecule has 0 radical (unpaired) electrons. The van der Waals surface area contributed by atoms with Crippen LogP contribution < -0.4 is 0 Å². The minimum atomic E-state index is -4.28. The molecule has 0 rings (SSSR count). The van der Waals surface area contributed by atoms with Crippen LogP contribution in [0.1, 0.15) is 0 Å². The highest BCUT2D eigenvalue weighted by molar-refractivity contribution is 7.64. The number of hydrogen-bond acceptors (Lipinski definition) is 1. The third kappa shape index (κ3) is 1.86. The lowest BCUT2D eigenvalue weighted by molar-refractivity contribution is -0.0415. The van der Waals surface area contributed by atoms with Crippen LogP contribution >= 0.6 is 7.05 Å². The summed E-state index contributed by atoms with van der Waals surface area (Å²) < 4.78 is 34.3. The van der Waals surface area contributed by atoms with Gasteiger partial charge in [-0.05, 0) is 13.3 Å². The fraction of sp³-hybridized carbons (Fsp3) is 1.00. The molecule has 5 heteroatoms. The molecule has 0 spiro atoms. The molecular weight excluding hydrogens is 138 g/mol. The van der Waals surface area contributed by atoms with E-state index in [2.05, 4.69) is 0 Å². The summed E-state index contributed by atoms with van der Waals surface area (Å²) in [6.45, 7) is 1.85. The Hall–Kier alpha value is 0.0200. The molecule has 0 bridgehead atoms. The Morgan fingerprint density at radius 3 is 1.38 bits per heavy atom. The first-order valence-electron chi connectivity index (χ1n) is 1.91. The van der Waals surface area contributed by atoms with Crippen LogP contribution in [0.2, 0.25) is 0 Å². The van der Waals surface area contributed by atoms with E-state index >= 15 is 0 Å². The Morgan fingerprint density at radius 1 is 1.25 bits per heavy atom. The number of alkyl halides is 3. The molecule has 1 N–H and O–H groups in total. The summed E-state index contributed by atoms with van der Waals surface area (Å²) >= 11 is 0. The van der Waals surface area contributed by atoms with Gasteiger partial charge >= 0.3 is 5.92 Å². The highest BCUT2D eigenvalue weighted by Crippen LogP contribution is 2.55. The van der Waals surface area contributed by atoms with Gasteiger partial charge in [0.1, 0.15) is 0 Å². The molecule has 50 valence electrons. The van der Waals surface area contributed by atoms with Crippen molar-refractivity contribution in [1.82, 2.24) is 0 Å². The Morgan fingerprint density at radius 2 is 1.38 bits per heavy atom. The molecule has 0 amide bonds. The van der Waals surface area contributed by atoms with E-state index in [0.29, 0.717) is 0 Å². The second-order valence-corrected chi connectivity index (χ2v) is 5.34. The Labute approximate surface area is 45.7 Å². The molecule has 0 aromatic carbocycles. The Kier molecular flexibility index (Phi) is 1.77. The largest absolute Gasteiger partial charge is 0.419 e. The van der Waals surface area contributed by atoms with E-state index in [9.17, 15) is 13.2 Å². The topological polar surface area (TPSA) is 23.9 Å². The molecule has 1 nitrogen and oxygen atoms in total. The van der Waals surface area contributed by atoms with E-state index in [4.69, 9.17) is 5.16 Å². The molecule has 0 aliphatic carbocycles. The lowest BCUT2D eigenvalue weighted by Gasteiger charge is -2.13. The van der Waals surface area contributed by atoms with Gasteiger partial charge in [-0.15, -0.1) is 0 Å². The second kappa shape index (κ2) is 1.76. The van der Waals surface area contributed by atoms with E-state index in [1.54, 1.807) is 0 Å². The molecule has 0 aromatic heterocycles. The SMILES string of the molecule is CP(C)(=N)C(F)(F)F. The normalized spacial score (nSPS) is 14.1. The van der Waals surface area contributed by atoms with Crippen LogP contribution in [-0.4, -0.2) is 19.2 Å².